The normalized spacial score (nSPS) is 10.8. The maximum atomic E-state index is 5.77. The minimum Gasteiger partial charge on any atom is -0.497 e. The fourth-order valence-electron chi connectivity index (χ4n) is 1.55. The van der Waals surface area contributed by atoms with Gasteiger partial charge in [0.25, 0.3) is 0 Å². The highest BCUT2D eigenvalue weighted by atomic mass is 79.9. The molecule has 2 aromatic rings. The number of halogens is 1. The Morgan fingerprint density at radius 3 is 2.65 bits per heavy atom. The lowest BCUT2D eigenvalue weighted by Crippen LogP contribution is -2.30. The maximum absolute atomic E-state index is 5.77. The Bertz CT molecular complexity index is 524. The highest BCUT2D eigenvalue weighted by Gasteiger charge is 1.97. The van der Waals surface area contributed by atoms with Crippen molar-refractivity contribution in [1.82, 2.24) is 5.32 Å². The van der Waals surface area contributed by atoms with Crippen LogP contribution in [0.4, 0.5) is 0 Å². The van der Waals surface area contributed by atoms with Gasteiger partial charge in [0, 0.05) is 0 Å². The first-order valence-corrected chi connectivity index (χ1v) is 5.97. The Morgan fingerprint density at radius 2 is 2.05 bits per heavy atom. The van der Waals surface area contributed by atoms with Crippen LogP contribution in [0.5, 0.6) is 5.75 Å². The molecule has 1 heterocycles. The van der Waals surface area contributed by atoms with Crippen molar-refractivity contribution in [2.45, 2.75) is 13.1 Å². The number of guanidine groups is 1. The van der Waals surface area contributed by atoms with E-state index < -0.39 is 0 Å². The van der Waals surface area contributed by atoms with Gasteiger partial charge in [-0.05, 0) is 29.8 Å². The van der Waals surface area contributed by atoms with Crippen LogP contribution in [0.15, 0.2) is 52.1 Å². The second-order valence-corrected chi connectivity index (χ2v) is 3.98. The molecule has 5 nitrogen and oxygen atoms in total. The van der Waals surface area contributed by atoms with Crippen LogP contribution >= 0.6 is 17.0 Å². The zero-order valence-electron chi connectivity index (χ0n) is 11.2. The van der Waals surface area contributed by atoms with Gasteiger partial charge in [0.05, 0.1) is 26.5 Å². The monoisotopic (exact) mass is 339 g/mol. The molecule has 0 bridgehead atoms. The maximum Gasteiger partial charge on any atom is 0.189 e. The van der Waals surface area contributed by atoms with Gasteiger partial charge in [0.15, 0.2) is 5.96 Å². The molecule has 0 amide bonds. The van der Waals surface area contributed by atoms with Crippen LogP contribution < -0.4 is 15.8 Å². The van der Waals surface area contributed by atoms with Crippen LogP contribution in [0, 0.1) is 0 Å². The second kappa shape index (κ2) is 8.27. The molecule has 0 aliphatic heterocycles. The fourth-order valence-corrected chi connectivity index (χ4v) is 1.55. The molecule has 3 N–H and O–H groups in total. The molecule has 108 valence electrons. The number of aliphatic imine (C=N–C) groups is 1. The van der Waals surface area contributed by atoms with Gasteiger partial charge in [-0.3, -0.25) is 0 Å². The summed E-state index contributed by atoms with van der Waals surface area (Å²) in [6.45, 7) is 1.06. The summed E-state index contributed by atoms with van der Waals surface area (Å²) in [5.74, 6) is 2.05. The van der Waals surface area contributed by atoms with Crippen molar-refractivity contribution in [3.8, 4) is 5.75 Å². The molecular formula is C14H18BrN3O2. The molecule has 0 saturated heterocycles. The van der Waals surface area contributed by atoms with Crippen molar-refractivity contribution in [3.05, 3.63) is 54.0 Å². The summed E-state index contributed by atoms with van der Waals surface area (Å²) in [4.78, 5) is 4.25. The fraction of sp³-hybridized carbons (Fsp3) is 0.214. The van der Waals surface area contributed by atoms with E-state index in [2.05, 4.69) is 10.3 Å². The smallest absolute Gasteiger partial charge is 0.189 e. The molecule has 0 unspecified atom stereocenters. The molecule has 1 aromatic carbocycles. The predicted molar refractivity (Wildman–Crippen MR) is 84.2 cm³/mol. The molecule has 2 rings (SSSR count). The van der Waals surface area contributed by atoms with E-state index in [0.29, 0.717) is 19.0 Å². The number of nitrogens with two attached hydrogens (primary N) is 1. The summed E-state index contributed by atoms with van der Waals surface area (Å²) in [5.41, 5.74) is 6.84. The highest BCUT2D eigenvalue weighted by molar-refractivity contribution is 8.93. The number of hydrogen-bond donors (Lipinski definition) is 2. The number of hydrogen-bond acceptors (Lipinski definition) is 3. The molecule has 0 radical (unpaired) electrons. The first kappa shape index (κ1) is 16.1. The topological polar surface area (TPSA) is 72.8 Å². The molecular weight excluding hydrogens is 322 g/mol. The average Bonchev–Trinajstić information content (AvgIpc) is 2.96. The van der Waals surface area contributed by atoms with Gasteiger partial charge in [-0.2, -0.15) is 0 Å². The summed E-state index contributed by atoms with van der Waals surface area (Å²) in [6, 6.07) is 11.4. The minimum atomic E-state index is 0. The van der Waals surface area contributed by atoms with Crippen molar-refractivity contribution in [2.75, 3.05) is 7.11 Å². The Hall–Kier alpha value is -1.95. The van der Waals surface area contributed by atoms with Crippen molar-refractivity contribution in [2.24, 2.45) is 10.7 Å². The van der Waals surface area contributed by atoms with Crippen LogP contribution in [0.1, 0.15) is 11.3 Å². The van der Waals surface area contributed by atoms with E-state index in [1.54, 1.807) is 13.4 Å². The van der Waals surface area contributed by atoms with Crippen LogP contribution in [0.3, 0.4) is 0 Å². The number of furan rings is 1. The van der Waals surface area contributed by atoms with Crippen molar-refractivity contribution >= 4 is 22.9 Å². The number of benzene rings is 1. The van der Waals surface area contributed by atoms with Crippen LogP contribution in [0.2, 0.25) is 0 Å². The van der Waals surface area contributed by atoms with Gasteiger partial charge in [-0.25, -0.2) is 4.99 Å². The molecule has 1 aromatic heterocycles. The molecule has 0 spiro atoms. The number of ether oxygens (including phenoxy) is 1. The molecule has 0 fully saturated rings. The summed E-state index contributed by atoms with van der Waals surface area (Å²) < 4.78 is 10.3. The number of nitrogens with one attached hydrogen (secondary N) is 1. The first-order valence-electron chi connectivity index (χ1n) is 5.97. The highest BCUT2D eigenvalue weighted by Crippen LogP contribution is 2.11. The quantitative estimate of drug-likeness (QED) is 0.648. The van der Waals surface area contributed by atoms with Gasteiger partial charge in [-0.1, -0.05) is 12.1 Å². The largest absolute Gasteiger partial charge is 0.497 e. The standard InChI is InChI=1S/C14H17N3O2.BrH/c1-18-12-6-4-11(5-7-12)9-16-14(15)17-10-13-3-2-8-19-13;/h2-8H,9-10H2,1H3,(H3,15,16,17);1H. The van der Waals surface area contributed by atoms with Crippen LogP contribution in [0.25, 0.3) is 0 Å². The zero-order chi connectivity index (χ0) is 13.5. The summed E-state index contributed by atoms with van der Waals surface area (Å²) in [5, 5.41) is 2.99. The SMILES string of the molecule is Br.COc1ccc(CN=C(N)NCc2ccco2)cc1. The molecule has 0 atom stereocenters. The molecule has 20 heavy (non-hydrogen) atoms. The summed E-state index contributed by atoms with van der Waals surface area (Å²) in [7, 11) is 1.64. The third-order valence-electron chi connectivity index (χ3n) is 2.61. The van der Waals surface area contributed by atoms with Gasteiger partial charge >= 0.3 is 0 Å². The van der Waals surface area contributed by atoms with E-state index >= 15 is 0 Å². The Morgan fingerprint density at radius 1 is 1.30 bits per heavy atom. The van der Waals surface area contributed by atoms with E-state index in [9.17, 15) is 0 Å². The van der Waals surface area contributed by atoms with Gasteiger partial charge in [0.1, 0.15) is 11.5 Å². The Kier molecular flexibility index (Phi) is 6.66. The summed E-state index contributed by atoms with van der Waals surface area (Å²) in [6.07, 6.45) is 1.63. The van der Waals surface area contributed by atoms with E-state index in [4.69, 9.17) is 14.9 Å². The van der Waals surface area contributed by atoms with E-state index in [1.807, 2.05) is 36.4 Å². The molecule has 0 aliphatic rings. The minimum absolute atomic E-state index is 0. The number of nitrogens with zero attached hydrogens (tertiary/aromatic N) is 1. The third-order valence-corrected chi connectivity index (χ3v) is 2.61. The Balaban J connectivity index is 0.00000200. The van der Waals surface area contributed by atoms with E-state index in [1.165, 1.54) is 0 Å². The van der Waals surface area contributed by atoms with Crippen molar-refractivity contribution in [3.63, 3.8) is 0 Å². The molecule has 0 saturated carbocycles. The number of rotatable bonds is 5. The van der Waals surface area contributed by atoms with Gasteiger partial charge < -0.3 is 20.2 Å². The Labute approximate surface area is 128 Å². The van der Waals surface area contributed by atoms with E-state index in [-0.39, 0.29) is 17.0 Å². The second-order valence-electron chi connectivity index (χ2n) is 3.98. The average molecular weight is 340 g/mol. The van der Waals surface area contributed by atoms with Gasteiger partial charge in [-0.15, -0.1) is 17.0 Å². The van der Waals surface area contributed by atoms with E-state index in [0.717, 1.165) is 17.1 Å². The lowest BCUT2D eigenvalue weighted by atomic mass is 10.2. The van der Waals surface area contributed by atoms with Crippen molar-refractivity contribution < 1.29 is 9.15 Å². The lowest BCUT2D eigenvalue weighted by Gasteiger charge is -2.04. The number of methoxy groups -OCH3 is 1. The zero-order valence-corrected chi connectivity index (χ0v) is 12.9. The molecule has 6 heteroatoms. The van der Waals surface area contributed by atoms with Gasteiger partial charge in [0.2, 0.25) is 0 Å². The first-order chi connectivity index (χ1) is 9.28. The van der Waals surface area contributed by atoms with Crippen LogP contribution in [-0.4, -0.2) is 13.1 Å². The molecule has 0 aliphatic carbocycles. The lowest BCUT2D eigenvalue weighted by molar-refractivity contribution is 0.414. The third kappa shape index (κ3) is 4.97. The summed E-state index contributed by atoms with van der Waals surface area (Å²) >= 11 is 0. The van der Waals surface area contributed by atoms with Crippen molar-refractivity contribution in [1.29, 1.82) is 0 Å². The predicted octanol–water partition coefficient (Wildman–Crippen LogP) is 2.47. The van der Waals surface area contributed by atoms with Crippen LogP contribution in [-0.2, 0) is 13.1 Å².